The first kappa shape index (κ1) is 31.9. The highest BCUT2D eigenvalue weighted by Gasteiger charge is 2.52. The number of esters is 1. The van der Waals surface area contributed by atoms with Crippen LogP contribution in [-0.4, -0.2) is 63.1 Å². The molecule has 242 valence electrons. The van der Waals surface area contributed by atoms with Crippen LogP contribution in [0.3, 0.4) is 0 Å². The quantitative estimate of drug-likeness (QED) is 0.332. The minimum atomic E-state index is -4.04. The van der Waals surface area contributed by atoms with E-state index in [-0.39, 0.29) is 23.3 Å². The number of benzene rings is 2. The van der Waals surface area contributed by atoms with Crippen LogP contribution >= 0.6 is 11.6 Å². The molecule has 11 heteroatoms. The van der Waals surface area contributed by atoms with Crippen molar-refractivity contribution in [2.75, 3.05) is 31.7 Å². The standard InChI is InChI=1S/C34H41ClN2O7S/c1-21-6-4-15-34(40,32(39)43-3)28-11-8-25(28)18-37-19-33(14-5-7-23-16-26(35)10-12-27(23)33)20-44-30-13-9-24(17-29(30)37)31(38)36-45(41,42)22(21)2/h4,9-10,12-13,15-17,21-22,25,28,40H,5-8,11,14,18-20H2,1-3H3,(H,36,38)/b15-4+/t21-,22+,25-,28+,33-,34-/m0/s1. The summed E-state index contributed by atoms with van der Waals surface area (Å²) in [6, 6.07) is 11.1. The fourth-order valence-corrected chi connectivity index (χ4v) is 9.13. The third-order valence-corrected chi connectivity index (χ3v) is 12.8. The lowest BCUT2D eigenvalue weighted by atomic mass is 9.64. The van der Waals surface area contributed by atoms with Gasteiger partial charge in [0.15, 0.2) is 5.60 Å². The number of nitrogens with one attached hydrogen (secondary N) is 1. The van der Waals surface area contributed by atoms with Crippen molar-refractivity contribution in [3.8, 4) is 5.75 Å². The molecule has 0 aromatic heterocycles. The van der Waals surface area contributed by atoms with Crippen LogP contribution < -0.4 is 14.4 Å². The molecular formula is C34H41ClN2O7S. The van der Waals surface area contributed by atoms with Crippen LogP contribution in [0.15, 0.2) is 48.6 Å². The van der Waals surface area contributed by atoms with Crippen molar-refractivity contribution in [3.05, 3.63) is 70.3 Å². The second-order valence-electron chi connectivity index (χ2n) is 13.3. The molecule has 2 aliphatic heterocycles. The highest BCUT2D eigenvalue weighted by Crippen LogP contribution is 2.48. The van der Waals surface area contributed by atoms with E-state index in [0.717, 1.165) is 25.7 Å². The number of aliphatic hydroxyl groups is 1. The molecule has 2 heterocycles. The van der Waals surface area contributed by atoms with E-state index in [1.54, 1.807) is 38.1 Å². The second kappa shape index (κ2) is 11.9. The molecule has 2 aromatic rings. The zero-order valence-electron chi connectivity index (χ0n) is 25.9. The van der Waals surface area contributed by atoms with Crippen LogP contribution in [0.1, 0.15) is 67.4 Å². The molecule has 0 unspecified atom stereocenters. The van der Waals surface area contributed by atoms with Crippen molar-refractivity contribution in [1.29, 1.82) is 0 Å². The van der Waals surface area contributed by atoms with Crippen molar-refractivity contribution in [2.45, 2.75) is 68.6 Å². The van der Waals surface area contributed by atoms with Gasteiger partial charge in [-0.1, -0.05) is 30.7 Å². The SMILES string of the molecule is COC(=O)[C@]1(O)/C=C/C[C@H](C)[C@@H](C)S(=O)(=O)NC(=O)c2ccc3c(c2)N(C[C@@H]2CC[C@H]21)C[C@@]1(CCCc2cc(Cl)ccc21)CO3. The maximum atomic E-state index is 13.4. The molecule has 6 atom stereocenters. The number of carbonyl (C=O) groups is 2. The summed E-state index contributed by atoms with van der Waals surface area (Å²) >= 11 is 6.39. The van der Waals surface area contributed by atoms with Gasteiger partial charge in [0, 0.05) is 35.0 Å². The van der Waals surface area contributed by atoms with Crippen molar-refractivity contribution in [3.63, 3.8) is 0 Å². The number of hydrogen-bond donors (Lipinski definition) is 2. The van der Waals surface area contributed by atoms with Gasteiger partial charge in [0.2, 0.25) is 10.0 Å². The molecule has 1 amide bonds. The number of sulfonamides is 1. The predicted octanol–water partition coefficient (Wildman–Crippen LogP) is 4.79. The van der Waals surface area contributed by atoms with Crippen LogP contribution in [0.5, 0.6) is 5.75 Å². The van der Waals surface area contributed by atoms with Crippen LogP contribution in [0, 0.1) is 17.8 Å². The van der Waals surface area contributed by atoms with Crippen LogP contribution in [-0.2, 0) is 31.4 Å². The fraction of sp³-hybridized carbons (Fsp3) is 0.529. The summed E-state index contributed by atoms with van der Waals surface area (Å²) < 4.78 is 40.4. The monoisotopic (exact) mass is 656 g/mol. The average molecular weight is 657 g/mol. The number of anilines is 1. The normalized spacial score (nSPS) is 33.4. The summed E-state index contributed by atoms with van der Waals surface area (Å²) in [6.07, 6.45) is 7.62. The largest absolute Gasteiger partial charge is 0.490 e. The Labute approximate surface area is 270 Å². The molecule has 6 rings (SSSR count). The Morgan fingerprint density at radius 2 is 1.98 bits per heavy atom. The number of allylic oxidation sites excluding steroid dienone is 1. The van der Waals surface area contributed by atoms with E-state index < -0.39 is 44.6 Å². The van der Waals surface area contributed by atoms with Crippen LogP contribution in [0.4, 0.5) is 5.69 Å². The summed E-state index contributed by atoms with van der Waals surface area (Å²) in [5, 5.41) is 11.6. The summed E-state index contributed by atoms with van der Waals surface area (Å²) in [4.78, 5) is 28.7. The number of rotatable bonds is 1. The lowest BCUT2D eigenvalue weighted by Crippen LogP contribution is -2.55. The summed E-state index contributed by atoms with van der Waals surface area (Å²) in [5.74, 6) is -1.70. The van der Waals surface area contributed by atoms with Crippen LogP contribution in [0.2, 0.25) is 5.02 Å². The van der Waals surface area contributed by atoms with Gasteiger partial charge in [0.25, 0.3) is 5.91 Å². The van der Waals surface area contributed by atoms with E-state index in [4.69, 9.17) is 21.1 Å². The first-order valence-electron chi connectivity index (χ1n) is 15.7. The molecule has 4 aliphatic rings. The average Bonchev–Trinajstić information content (AvgIpc) is 3.14. The summed E-state index contributed by atoms with van der Waals surface area (Å²) in [7, 11) is -2.77. The number of fused-ring (bicyclic) bond motifs is 4. The zero-order valence-corrected chi connectivity index (χ0v) is 27.5. The highest BCUT2D eigenvalue weighted by atomic mass is 35.5. The van der Waals surface area contributed by atoms with Gasteiger partial charge in [0.1, 0.15) is 5.75 Å². The van der Waals surface area contributed by atoms with Crippen molar-refractivity contribution >= 4 is 39.2 Å². The van der Waals surface area contributed by atoms with Gasteiger partial charge >= 0.3 is 5.97 Å². The number of ether oxygens (including phenoxy) is 2. The smallest absolute Gasteiger partial charge is 0.342 e. The minimum absolute atomic E-state index is 0.0582. The molecule has 1 saturated carbocycles. The topological polar surface area (TPSA) is 122 Å². The highest BCUT2D eigenvalue weighted by molar-refractivity contribution is 7.90. The molecule has 2 aromatic carbocycles. The Kier molecular flexibility index (Phi) is 8.46. The third kappa shape index (κ3) is 5.74. The molecule has 1 fully saturated rings. The Morgan fingerprint density at radius 3 is 2.71 bits per heavy atom. The molecule has 0 saturated heterocycles. The van der Waals surface area contributed by atoms with Gasteiger partial charge in [-0.3, -0.25) is 4.79 Å². The third-order valence-electron chi connectivity index (χ3n) is 10.7. The molecule has 2 aliphatic carbocycles. The first-order valence-corrected chi connectivity index (χ1v) is 17.6. The van der Waals surface area contributed by atoms with Gasteiger partial charge in [-0.25, -0.2) is 17.9 Å². The maximum Gasteiger partial charge on any atom is 0.342 e. The van der Waals surface area contributed by atoms with E-state index in [1.807, 2.05) is 12.1 Å². The van der Waals surface area contributed by atoms with Crippen LogP contribution in [0.25, 0.3) is 0 Å². The zero-order chi connectivity index (χ0) is 32.1. The second-order valence-corrected chi connectivity index (χ2v) is 15.8. The predicted molar refractivity (Wildman–Crippen MR) is 172 cm³/mol. The number of methoxy groups -OCH3 is 1. The molecule has 0 radical (unpaired) electrons. The lowest BCUT2D eigenvalue weighted by Gasteiger charge is -2.48. The van der Waals surface area contributed by atoms with Gasteiger partial charge in [-0.15, -0.1) is 0 Å². The summed E-state index contributed by atoms with van der Waals surface area (Å²) in [6.45, 7) is 4.80. The van der Waals surface area contributed by atoms with E-state index in [0.29, 0.717) is 42.6 Å². The number of aryl methyl sites for hydroxylation is 1. The fourth-order valence-electron chi connectivity index (χ4n) is 7.65. The van der Waals surface area contributed by atoms with E-state index in [9.17, 15) is 23.1 Å². The number of carbonyl (C=O) groups excluding carboxylic acids is 2. The molecular weight excluding hydrogens is 616 g/mol. The molecule has 2 N–H and O–H groups in total. The first-order chi connectivity index (χ1) is 21.4. The maximum absolute atomic E-state index is 13.4. The van der Waals surface area contributed by atoms with Crippen molar-refractivity contribution in [2.24, 2.45) is 17.8 Å². The summed E-state index contributed by atoms with van der Waals surface area (Å²) in [5.41, 5.74) is 1.04. The lowest BCUT2D eigenvalue weighted by molar-refractivity contribution is -0.169. The Hall–Kier alpha value is -3.08. The molecule has 45 heavy (non-hydrogen) atoms. The van der Waals surface area contributed by atoms with E-state index >= 15 is 0 Å². The number of hydrogen-bond acceptors (Lipinski definition) is 8. The Balaban J connectivity index is 1.47. The van der Waals surface area contributed by atoms with Crippen molar-refractivity contribution < 1.29 is 32.6 Å². The van der Waals surface area contributed by atoms with Gasteiger partial charge in [-0.05, 0) is 105 Å². The van der Waals surface area contributed by atoms with Gasteiger partial charge < -0.3 is 19.5 Å². The number of amides is 1. The van der Waals surface area contributed by atoms with E-state index in [2.05, 4.69) is 15.7 Å². The molecule has 2 bridgehead atoms. The Bertz CT molecular complexity index is 1640. The molecule has 1 spiro atoms. The number of halogens is 1. The van der Waals surface area contributed by atoms with Gasteiger partial charge in [0.05, 0.1) is 24.7 Å². The van der Waals surface area contributed by atoms with Crippen molar-refractivity contribution in [1.82, 2.24) is 4.72 Å². The minimum Gasteiger partial charge on any atom is -0.490 e. The van der Waals surface area contributed by atoms with E-state index in [1.165, 1.54) is 24.3 Å². The number of nitrogens with zero attached hydrogens (tertiary/aromatic N) is 1. The van der Waals surface area contributed by atoms with Gasteiger partial charge in [-0.2, -0.15) is 0 Å². The Morgan fingerprint density at radius 1 is 1.18 bits per heavy atom. The molecule has 9 nitrogen and oxygen atoms in total.